The maximum absolute atomic E-state index is 12.1. The van der Waals surface area contributed by atoms with E-state index in [2.05, 4.69) is 5.10 Å². The Labute approximate surface area is 135 Å². The quantitative estimate of drug-likeness (QED) is 0.868. The van der Waals surface area contributed by atoms with Gasteiger partial charge in [-0.25, -0.2) is 4.68 Å². The molecule has 0 bridgehead atoms. The van der Waals surface area contributed by atoms with Crippen molar-refractivity contribution in [1.29, 1.82) is 0 Å². The minimum Gasteiger partial charge on any atom is -0.491 e. The van der Waals surface area contributed by atoms with Gasteiger partial charge >= 0.3 is 0 Å². The van der Waals surface area contributed by atoms with Crippen LogP contribution in [0.25, 0.3) is 0 Å². The van der Waals surface area contributed by atoms with Crippen LogP contribution in [0.3, 0.4) is 0 Å². The number of amides is 1. The van der Waals surface area contributed by atoms with E-state index in [0.29, 0.717) is 19.8 Å². The number of rotatable bonds is 3. The van der Waals surface area contributed by atoms with Gasteiger partial charge in [0, 0.05) is 14.0 Å². The van der Waals surface area contributed by atoms with Crippen molar-refractivity contribution in [1.82, 2.24) is 14.7 Å². The standard InChI is InChI=1S/C17H21N3O3/c1-12-16-9-20(13(2)21)14(11-23-17(16)19(3)18-12)10-22-15-7-5-4-6-8-15/h4-8,14H,9-11H2,1-3H3. The summed E-state index contributed by atoms with van der Waals surface area (Å²) in [5.41, 5.74) is 1.85. The summed E-state index contributed by atoms with van der Waals surface area (Å²) in [6.07, 6.45) is 0. The van der Waals surface area contributed by atoms with Gasteiger partial charge in [0.05, 0.1) is 17.8 Å². The fraction of sp³-hybridized carbons (Fsp3) is 0.412. The van der Waals surface area contributed by atoms with Crippen LogP contribution in [0.15, 0.2) is 30.3 Å². The van der Waals surface area contributed by atoms with Gasteiger partial charge in [0.2, 0.25) is 11.8 Å². The van der Waals surface area contributed by atoms with E-state index < -0.39 is 0 Å². The topological polar surface area (TPSA) is 56.6 Å². The summed E-state index contributed by atoms with van der Waals surface area (Å²) >= 11 is 0. The van der Waals surface area contributed by atoms with E-state index in [0.717, 1.165) is 22.9 Å². The Kier molecular flexibility index (Phi) is 4.23. The molecule has 0 radical (unpaired) electrons. The van der Waals surface area contributed by atoms with Gasteiger partial charge in [0.1, 0.15) is 25.0 Å². The van der Waals surface area contributed by atoms with E-state index in [-0.39, 0.29) is 11.9 Å². The van der Waals surface area contributed by atoms with Gasteiger partial charge in [-0.15, -0.1) is 0 Å². The van der Waals surface area contributed by atoms with E-state index in [9.17, 15) is 4.79 Å². The van der Waals surface area contributed by atoms with Gasteiger partial charge < -0.3 is 14.4 Å². The number of hydrogen-bond donors (Lipinski definition) is 0. The second kappa shape index (κ2) is 6.32. The molecule has 1 aromatic carbocycles. The molecule has 0 N–H and O–H groups in total. The highest BCUT2D eigenvalue weighted by atomic mass is 16.5. The fourth-order valence-corrected chi connectivity index (χ4v) is 2.82. The molecule has 1 atom stereocenters. The van der Waals surface area contributed by atoms with Crippen LogP contribution in [0.5, 0.6) is 11.6 Å². The van der Waals surface area contributed by atoms with E-state index in [4.69, 9.17) is 9.47 Å². The number of fused-ring (bicyclic) bond motifs is 1. The number of carbonyl (C=O) groups is 1. The average molecular weight is 315 g/mol. The Hall–Kier alpha value is -2.50. The molecule has 1 aliphatic rings. The first-order valence-corrected chi connectivity index (χ1v) is 7.66. The number of aromatic nitrogens is 2. The fourth-order valence-electron chi connectivity index (χ4n) is 2.82. The van der Waals surface area contributed by atoms with Gasteiger partial charge in [0.15, 0.2) is 0 Å². The molecular formula is C17H21N3O3. The van der Waals surface area contributed by atoms with Gasteiger partial charge in [0.25, 0.3) is 0 Å². The first kappa shape index (κ1) is 15.4. The number of para-hydroxylation sites is 1. The van der Waals surface area contributed by atoms with E-state index >= 15 is 0 Å². The molecule has 0 saturated carbocycles. The summed E-state index contributed by atoms with van der Waals surface area (Å²) in [7, 11) is 1.85. The SMILES string of the molecule is CC(=O)N1Cc2c(C)nn(C)c2OCC1COc1ccccc1. The van der Waals surface area contributed by atoms with Gasteiger partial charge in [-0.05, 0) is 19.1 Å². The van der Waals surface area contributed by atoms with Gasteiger partial charge in [-0.1, -0.05) is 18.2 Å². The lowest BCUT2D eigenvalue weighted by atomic mass is 10.2. The largest absolute Gasteiger partial charge is 0.491 e. The summed E-state index contributed by atoms with van der Waals surface area (Å²) in [5, 5.41) is 4.37. The summed E-state index contributed by atoms with van der Waals surface area (Å²) in [4.78, 5) is 13.9. The van der Waals surface area contributed by atoms with Gasteiger partial charge in [-0.3, -0.25) is 4.79 Å². The van der Waals surface area contributed by atoms with Crippen LogP contribution in [-0.2, 0) is 18.4 Å². The van der Waals surface area contributed by atoms with Crippen molar-refractivity contribution in [3.05, 3.63) is 41.6 Å². The highest BCUT2D eigenvalue weighted by Crippen LogP contribution is 2.27. The Balaban J connectivity index is 1.78. The predicted molar refractivity (Wildman–Crippen MR) is 85.4 cm³/mol. The van der Waals surface area contributed by atoms with Crippen LogP contribution < -0.4 is 9.47 Å². The normalized spacial score (nSPS) is 17.2. The lowest BCUT2D eigenvalue weighted by Crippen LogP contribution is -2.44. The highest BCUT2D eigenvalue weighted by molar-refractivity contribution is 5.74. The van der Waals surface area contributed by atoms with Crippen molar-refractivity contribution < 1.29 is 14.3 Å². The van der Waals surface area contributed by atoms with Crippen molar-refractivity contribution in [2.24, 2.45) is 7.05 Å². The number of nitrogens with zero attached hydrogens (tertiary/aromatic N) is 3. The maximum Gasteiger partial charge on any atom is 0.220 e. The zero-order valence-electron chi connectivity index (χ0n) is 13.7. The van der Waals surface area contributed by atoms with Crippen molar-refractivity contribution in [2.75, 3.05) is 13.2 Å². The molecule has 1 amide bonds. The predicted octanol–water partition coefficient (Wildman–Crippen LogP) is 1.92. The molecule has 0 saturated heterocycles. The van der Waals surface area contributed by atoms with Crippen LogP contribution >= 0.6 is 0 Å². The molecule has 0 spiro atoms. The molecule has 3 rings (SSSR count). The monoisotopic (exact) mass is 315 g/mol. The van der Waals surface area contributed by atoms with E-state index in [1.807, 2.05) is 44.3 Å². The average Bonchev–Trinajstić information content (AvgIpc) is 2.71. The number of carbonyl (C=O) groups excluding carboxylic acids is 1. The first-order chi connectivity index (χ1) is 11.1. The molecule has 6 nitrogen and oxygen atoms in total. The van der Waals surface area contributed by atoms with Crippen molar-refractivity contribution >= 4 is 5.91 Å². The molecule has 0 aliphatic carbocycles. The van der Waals surface area contributed by atoms with E-state index in [1.165, 1.54) is 0 Å². The third kappa shape index (κ3) is 3.16. The molecule has 1 unspecified atom stereocenters. The lowest BCUT2D eigenvalue weighted by molar-refractivity contribution is -0.133. The highest BCUT2D eigenvalue weighted by Gasteiger charge is 2.30. The first-order valence-electron chi connectivity index (χ1n) is 7.66. The number of aryl methyl sites for hydroxylation is 2. The molecule has 1 aromatic heterocycles. The van der Waals surface area contributed by atoms with Crippen LogP contribution in [0, 0.1) is 6.92 Å². The lowest BCUT2D eigenvalue weighted by Gasteiger charge is -2.28. The molecular weight excluding hydrogens is 294 g/mol. The van der Waals surface area contributed by atoms with Crippen molar-refractivity contribution in [2.45, 2.75) is 26.4 Å². The second-order valence-electron chi connectivity index (χ2n) is 5.73. The third-order valence-corrected chi connectivity index (χ3v) is 4.06. The van der Waals surface area contributed by atoms with Crippen molar-refractivity contribution in [3.63, 3.8) is 0 Å². The molecule has 122 valence electrons. The Morgan fingerprint density at radius 2 is 2.13 bits per heavy atom. The third-order valence-electron chi connectivity index (χ3n) is 4.06. The summed E-state index contributed by atoms with van der Waals surface area (Å²) in [6, 6.07) is 9.45. The molecule has 2 heterocycles. The zero-order chi connectivity index (χ0) is 16.4. The summed E-state index contributed by atoms with van der Waals surface area (Å²) < 4.78 is 13.5. The summed E-state index contributed by atoms with van der Waals surface area (Å²) in [5.74, 6) is 1.53. The Bertz CT molecular complexity index is 697. The Morgan fingerprint density at radius 1 is 1.39 bits per heavy atom. The minimum atomic E-state index is -0.139. The van der Waals surface area contributed by atoms with Crippen molar-refractivity contribution in [3.8, 4) is 11.6 Å². The zero-order valence-corrected chi connectivity index (χ0v) is 13.7. The number of hydrogen-bond acceptors (Lipinski definition) is 4. The molecule has 1 aliphatic heterocycles. The molecule has 6 heteroatoms. The summed E-state index contributed by atoms with van der Waals surface area (Å²) in [6.45, 7) is 4.78. The minimum absolute atomic E-state index is 0.00589. The van der Waals surface area contributed by atoms with Crippen LogP contribution in [0.1, 0.15) is 18.2 Å². The number of benzene rings is 1. The van der Waals surface area contributed by atoms with Crippen LogP contribution in [0.2, 0.25) is 0 Å². The Morgan fingerprint density at radius 3 is 2.83 bits per heavy atom. The smallest absolute Gasteiger partial charge is 0.220 e. The van der Waals surface area contributed by atoms with Crippen LogP contribution in [-0.4, -0.2) is 39.8 Å². The van der Waals surface area contributed by atoms with E-state index in [1.54, 1.807) is 16.5 Å². The van der Waals surface area contributed by atoms with Gasteiger partial charge in [-0.2, -0.15) is 5.10 Å². The molecule has 23 heavy (non-hydrogen) atoms. The maximum atomic E-state index is 12.1. The second-order valence-corrected chi connectivity index (χ2v) is 5.73. The molecule has 0 fully saturated rings. The number of ether oxygens (including phenoxy) is 2. The van der Waals surface area contributed by atoms with Crippen LogP contribution in [0.4, 0.5) is 0 Å². The molecule has 2 aromatic rings.